The Morgan fingerprint density at radius 2 is 1.72 bits per heavy atom. The van der Waals surface area contributed by atoms with Crippen LogP contribution in [-0.2, 0) is 14.0 Å². The summed E-state index contributed by atoms with van der Waals surface area (Å²) in [6.07, 6.45) is -0.0954. The van der Waals surface area contributed by atoms with Gasteiger partial charge in [0.25, 0.3) is 5.91 Å². The minimum absolute atomic E-state index is 0.0939. The second-order valence-corrected chi connectivity index (χ2v) is 10.3. The summed E-state index contributed by atoms with van der Waals surface area (Å²) in [5.74, 6) is -2.28. The van der Waals surface area contributed by atoms with Gasteiger partial charge in [0, 0.05) is 18.6 Å². The highest BCUT2D eigenvalue weighted by atomic mass is 19.1. The lowest BCUT2D eigenvalue weighted by atomic mass is 9.78. The SMILES string of the molecule is CC(C)(C)OC(=O)N[C@@H]1CCN(C(=O)c2cc(F)c(B3OC(C)(C)C(C)(C)O3)cc2F)C1. The monoisotopic (exact) mass is 452 g/mol. The Balaban J connectivity index is 1.70. The van der Waals surface area contributed by atoms with Crippen LogP contribution in [0.4, 0.5) is 13.6 Å². The first-order chi connectivity index (χ1) is 14.6. The number of benzene rings is 1. The van der Waals surface area contributed by atoms with Gasteiger partial charge in [0.1, 0.15) is 17.2 Å². The second kappa shape index (κ2) is 8.30. The molecule has 0 bridgehead atoms. The van der Waals surface area contributed by atoms with Crippen molar-refractivity contribution in [3.8, 4) is 0 Å². The Morgan fingerprint density at radius 3 is 2.28 bits per heavy atom. The predicted molar refractivity (Wildman–Crippen MR) is 116 cm³/mol. The topological polar surface area (TPSA) is 77.1 Å². The van der Waals surface area contributed by atoms with Crippen LogP contribution in [0.1, 0.15) is 65.2 Å². The van der Waals surface area contributed by atoms with Crippen LogP contribution in [0.2, 0.25) is 0 Å². The Hall–Kier alpha value is -2.20. The minimum Gasteiger partial charge on any atom is -0.444 e. The number of amides is 2. The third-order valence-electron chi connectivity index (χ3n) is 6.02. The Labute approximate surface area is 187 Å². The number of likely N-dealkylation sites (tertiary alicyclic amines) is 1. The number of rotatable bonds is 3. The fourth-order valence-electron chi connectivity index (χ4n) is 3.58. The van der Waals surface area contributed by atoms with Crippen LogP contribution in [-0.4, -0.2) is 60.0 Å². The van der Waals surface area contributed by atoms with Crippen LogP contribution in [0, 0.1) is 11.6 Å². The van der Waals surface area contributed by atoms with E-state index < -0.39 is 47.6 Å². The molecule has 0 spiro atoms. The van der Waals surface area contributed by atoms with Crippen LogP contribution < -0.4 is 10.8 Å². The molecule has 2 saturated heterocycles. The van der Waals surface area contributed by atoms with Gasteiger partial charge in [0.05, 0.1) is 22.8 Å². The van der Waals surface area contributed by atoms with Crippen LogP contribution in [0.25, 0.3) is 0 Å². The number of nitrogens with zero attached hydrogens (tertiary/aromatic N) is 1. The average Bonchev–Trinajstić information content (AvgIpc) is 3.16. The summed E-state index contributed by atoms with van der Waals surface area (Å²) in [4.78, 5) is 26.2. The fraction of sp³-hybridized carbons (Fsp3) is 0.636. The van der Waals surface area contributed by atoms with Crippen molar-refractivity contribution >= 4 is 24.6 Å². The number of hydrogen-bond acceptors (Lipinski definition) is 5. The maximum absolute atomic E-state index is 14.9. The van der Waals surface area contributed by atoms with E-state index in [-0.39, 0.29) is 23.6 Å². The normalized spacial score (nSPS) is 22.2. The van der Waals surface area contributed by atoms with E-state index in [1.54, 1.807) is 20.8 Å². The lowest BCUT2D eigenvalue weighted by Gasteiger charge is -2.32. The zero-order chi connectivity index (χ0) is 24.1. The zero-order valence-corrected chi connectivity index (χ0v) is 19.7. The highest BCUT2D eigenvalue weighted by Crippen LogP contribution is 2.36. The molecule has 2 heterocycles. The fourth-order valence-corrected chi connectivity index (χ4v) is 3.58. The van der Waals surface area contributed by atoms with E-state index in [1.165, 1.54) is 4.90 Å². The minimum atomic E-state index is -1.08. The van der Waals surface area contributed by atoms with Gasteiger partial charge in [-0.05, 0) is 67.0 Å². The molecule has 1 atom stereocenters. The Kier molecular flexibility index (Phi) is 6.34. The maximum atomic E-state index is 14.9. The van der Waals surface area contributed by atoms with Crippen molar-refractivity contribution in [3.63, 3.8) is 0 Å². The van der Waals surface area contributed by atoms with E-state index in [9.17, 15) is 18.4 Å². The molecular weight excluding hydrogens is 421 g/mol. The first-order valence-electron chi connectivity index (χ1n) is 10.7. The molecule has 10 heteroatoms. The molecule has 1 aromatic rings. The predicted octanol–water partition coefficient (Wildman–Crippen LogP) is 3.00. The number of ether oxygens (including phenoxy) is 1. The second-order valence-electron chi connectivity index (χ2n) is 10.3. The van der Waals surface area contributed by atoms with E-state index in [0.29, 0.717) is 13.0 Å². The van der Waals surface area contributed by atoms with Crippen molar-refractivity contribution in [2.75, 3.05) is 13.1 Å². The van der Waals surface area contributed by atoms with Crippen molar-refractivity contribution in [3.05, 3.63) is 29.3 Å². The smallest absolute Gasteiger partial charge is 0.444 e. The Bertz CT molecular complexity index is 900. The molecule has 0 unspecified atom stereocenters. The first-order valence-corrected chi connectivity index (χ1v) is 10.7. The zero-order valence-electron chi connectivity index (χ0n) is 19.7. The third kappa shape index (κ3) is 5.06. The van der Waals surface area contributed by atoms with Crippen molar-refractivity contribution < 1.29 is 32.4 Å². The lowest BCUT2D eigenvalue weighted by Crippen LogP contribution is -2.41. The third-order valence-corrected chi connectivity index (χ3v) is 6.02. The van der Waals surface area contributed by atoms with Crippen LogP contribution in [0.15, 0.2) is 12.1 Å². The van der Waals surface area contributed by atoms with Crippen LogP contribution in [0.5, 0.6) is 0 Å². The summed E-state index contributed by atoms with van der Waals surface area (Å²) in [6, 6.07) is 1.51. The molecule has 2 fully saturated rings. The first kappa shape index (κ1) is 24.4. The summed E-state index contributed by atoms with van der Waals surface area (Å²) in [5, 5.41) is 2.70. The van der Waals surface area contributed by atoms with Gasteiger partial charge in [-0.2, -0.15) is 0 Å². The molecule has 0 radical (unpaired) electrons. The van der Waals surface area contributed by atoms with Gasteiger partial charge in [0.2, 0.25) is 0 Å². The molecule has 0 aliphatic carbocycles. The number of carbonyl (C=O) groups is 2. The molecule has 32 heavy (non-hydrogen) atoms. The van der Waals surface area contributed by atoms with Gasteiger partial charge in [-0.25, -0.2) is 13.6 Å². The highest BCUT2D eigenvalue weighted by Gasteiger charge is 2.52. The molecule has 7 nitrogen and oxygen atoms in total. The number of halogens is 2. The van der Waals surface area contributed by atoms with Gasteiger partial charge >= 0.3 is 13.2 Å². The average molecular weight is 452 g/mol. The Morgan fingerprint density at radius 1 is 1.12 bits per heavy atom. The summed E-state index contributed by atoms with van der Waals surface area (Å²) in [5.41, 5.74) is -2.52. The molecule has 1 aromatic carbocycles. The number of nitrogens with one attached hydrogen (secondary N) is 1. The number of carbonyl (C=O) groups excluding carboxylic acids is 2. The molecular formula is C22H31BF2N2O5. The molecule has 3 rings (SSSR count). The summed E-state index contributed by atoms with van der Waals surface area (Å²) < 4.78 is 46.5. The number of hydrogen-bond donors (Lipinski definition) is 1. The van der Waals surface area contributed by atoms with Gasteiger partial charge in [-0.1, -0.05) is 0 Å². The summed E-state index contributed by atoms with van der Waals surface area (Å²) >= 11 is 0. The van der Waals surface area contributed by atoms with E-state index >= 15 is 0 Å². The molecule has 0 aromatic heterocycles. The van der Waals surface area contributed by atoms with E-state index in [0.717, 1.165) is 12.1 Å². The number of alkyl carbamates (subject to hydrolysis) is 1. The quantitative estimate of drug-likeness (QED) is 0.714. The molecule has 2 aliphatic heterocycles. The largest absolute Gasteiger partial charge is 0.497 e. The van der Waals surface area contributed by atoms with Gasteiger partial charge in [0.15, 0.2) is 0 Å². The summed E-state index contributed by atoms with van der Waals surface area (Å²) in [7, 11) is -1.08. The maximum Gasteiger partial charge on any atom is 0.497 e. The molecule has 2 aliphatic rings. The van der Waals surface area contributed by atoms with Crippen molar-refractivity contribution in [2.24, 2.45) is 0 Å². The standard InChI is InChI=1S/C22H31BF2N2O5/c1-20(2,3)30-19(29)26-13-8-9-27(12-13)18(28)14-10-17(25)15(11-16(14)24)23-31-21(4,5)22(6,7)32-23/h10-11,13H,8-9,12H2,1-7H3,(H,26,29)/t13-/m1/s1. The molecule has 176 valence electrons. The van der Waals surface area contributed by atoms with Crippen molar-refractivity contribution in [1.82, 2.24) is 10.2 Å². The van der Waals surface area contributed by atoms with Crippen molar-refractivity contribution in [2.45, 2.75) is 77.7 Å². The van der Waals surface area contributed by atoms with E-state index in [4.69, 9.17) is 14.0 Å². The molecule has 0 saturated carbocycles. The lowest BCUT2D eigenvalue weighted by molar-refractivity contribution is 0.00578. The molecule has 1 N–H and O–H groups in total. The van der Waals surface area contributed by atoms with Gasteiger partial charge in [-0.3, -0.25) is 4.79 Å². The highest BCUT2D eigenvalue weighted by molar-refractivity contribution is 6.62. The van der Waals surface area contributed by atoms with Crippen LogP contribution in [0.3, 0.4) is 0 Å². The molecule has 2 amide bonds. The summed E-state index contributed by atoms with van der Waals surface area (Å²) in [6.45, 7) is 13.0. The van der Waals surface area contributed by atoms with Crippen molar-refractivity contribution in [1.29, 1.82) is 0 Å². The van der Waals surface area contributed by atoms with Gasteiger partial charge in [-0.15, -0.1) is 0 Å². The van der Waals surface area contributed by atoms with E-state index in [2.05, 4.69) is 5.32 Å². The van der Waals surface area contributed by atoms with Gasteiger partial charge < -0.3 is 24.3 Å². The van der Waals surface area contributed by atoms with E-state index in [1.807, 2.05) is 27.7 Å². The van der Waals surface area contributed by atoms with Crippen LogP contribution >= 0.6 is 0 Å².